The Kier molecular flexibility index (Phi) is 7.19. The highest BCUT2D eigenvalue weighted by Gasteiger charge is 2.45. The molecule has 2 amide bonds. The molecule has 6 nitrogen and oxygen atoms in total. The lowest BCUT2D eigenvalue weighted by Gasteiger charge is -2.33. The largest absolute Gasteiger partial charge is 0.345 e. The zero-order chi connectivity index (χ0) is 23.4. The van der Waals surface area contributed by atoms with Crippen LogP contribution in [0.5, 0.6) is 0 Å². The molecular formula is C27H36N4O2. The molecule has 33 heavy (non-hydrogen) atoms. The number of fused-ring (bicyclic) bond motifs is 1. The van der Waals surface area contributed by atoms with Crippen LogP contribution in [0.25, 0.3) is 0 Å². The molecule has 0 spiro atoms. The van der Waals surface area contributed by atoms with E-state index in [1.165, 1.54) is 5.56 Å². The fourth-order valence-electron chi connectivity index (χ4n) is 6.15. The van der Waals surface area contributed by atoms with Crippen molar-refractivity contribution in [2.24, 2.45) is 11.8 Å². The van der Waals surface area contributed by atoms with Gasteiger partial charge in [-0.2, -0.15) is 5.26 Å². The highest BCUT2D eigenvalue weighted by molar-refractivity contribution is 5.93. The van der Waals surface area contributed by atoms with E-state index in [2.05, 4.69) is 41.7 Å². The molecule has 0 radical (unpaired) electrons. The Morgan fingerprint density at radius 3 is 2.67 bits per heavy atom. The quantitative estimate of drug-likeness (QED) is 0.725. The van der Waals surface area contributed by atoms with Crippen molar-refractivity contribution >= 4 is 11.8 Å². The molecule has 4 rings (SSSR count). The lowest BCUT2D eigenvalue weighted by Crippen LogP contribution is -2.51. The molecule has 0 bridgehead atoms. The first-order chi connectivity index (χ1) is 15.9. The van der Waals surface area contributed by atoms with Crippen molar-refractivity contribution in [1.29, 1.82) is 5.26 Å². The molecule has 2 fully saturated rings. The maximum absolute atomic E-state index is 13.0. The summed E-state index contributed by atoms with van der Waals surface area (Å²) in [5, 5.41) is 13.1. The highest BCUT2D eigenvalue weighted by Crippen LogP contribution is 2.47. The predicted molar refractivity (Wildman–Crippen MR) is 128 cm³/mol. The maximum atomic E-state index is 13.0. The Hall–Kier alpha value is -2.65. The number of benzene rings is 1. The van der Waals surface area contributed by atoms with E-state index in [4.69, 9.17) is 0 Å². The third-order valence-electron chi connectivity index (χ3n) is 7.83. The molecule has 1 unspecified atom stereocenters. The topological polar surface area (TPSA) is 76.4 Å². The normalized spacial score (nSPS) is 29.1. The molecule has 6 heteroatoms. The SMILES string of the molecule is CN(C)C(=O)C1=CC[C@@H]2CC(Cc3ccccc3)(NCC(=O)N3CCC[C@H]3C#N)C[C@@H]2CC1. The smallest absolute Gasteiger partial charge is 0.248 e. The van der Waals surface area contributed by atoms with Crippen LogP contribution in [0.2, 0.25) is 0 Å². The van der Waals surface area contributed by atoms with Gasteiger partial charge in [-0.25, -0.2) is 0 Å². The van der Waals surface area contributed by atoms with Gasteiger partial charge in [0, 0.05) is 31.8 Å². The van der Waals surface area contributed by atoms with Crippen molar-refractivity contribution in [1.82, 2.24) is 15.1 Å². The first-order valence-corrected chi connectivity index (χ1v) is 12.3. The van der Waals surface area contributed by atoms with Gasteiger partial charge < -0.3 is 15.1 Å². The van der Waals surface area contributed by atoms with Gasteiger partial charge >= 0.3 is 0 Å². The minimum absolute atomic E-state index is 0.0392. The monoisotopic (exact) mass is 448 g/mol. The zero-order valence-corrected chi connectivity index (χ0v) is 19.9. The Morgan fingerprint density at radius 1 is 1.18 bits per heavy atom. The van der Waals surface area contributed by atoms with Crippen molar-refractivity contribution in [3.05, 3.63) is 47.5 Å². The Bertz CT molecular complexity index is 935. The van der Waals surface area contributed by atoms with Crippen molar-refractivity contribution in [2.45, 2.75) is 62.9 Å². The number of nitriles is 1. The van der Waals surface area contributed by atoms with Crippen LogP contribution in [0.3, 0.4) is 0 Å². The summed E-state index contributed by atoms with van der Waals surface area (Å²) in [5.74, 6) is 1.23. The van der Waals surface area contributed by atoms with E-state index in [1.807, 2.05) is 20.2 Å². The summed E-state index contributed by atoms with van der Waals surface area (Å²) >= 11 is 0. The first kappa shape index (κ1) is 23.5. The summed E-state index contributed by atoms with van der Waals surface area (Å²) in [6, 6.07) is 12.5. The fourth-order valence-corrected chi connectivity index (χ4v) is 6.15. The van der Waals surface area contributed by atoms with Crippen LogP contribution < -0.4 is 5.32 Å². The number of likely N-dealkylation sites (N-methyl/N-ethyl adjacent to an activating group) is 1. The second-order valence-electron chi connectivity index (χ2n) is 10.3. The second-order valence-corrected chi connectivity index (χ2v) is 10.3. The van der Waals surface area contributed by atoms with Crippen LogP contribution in [0.1, 0.15) is 50.5 Å². The van der Waals surface area contributed by atoms with Crippen molar-refractivity contribution in [3.8, 4) is 6.07 Å². The van der Waals surface area contributed by atoms with Gasteiger partial charge in [-0.05, 0) is 68.8 Å². The number of rotatable bonds is 6. The number of allylic oxidation sites excluding steroid dienone is 1. The number of amides is 2. The van der Waals surface area contributed by atoms with Gasteiger partial charge in [0.05, 0.1) is 12.6 Å². The summed E-state index contributed by atoms with van der Waals surface area (Å²) in [7, 11) is 3.63. The third-order valence-corrected chi connectivity index (χ3v) is 7.83. The third kappa shape index (κ3) is 5.30. The maximum Gasteiger partial charge on any atom is 0.248 e. The molecule has 176 valence electrons. The molecule has 1 heterocycles. The van der Waals surface area contributed by atoms with Crippen LogP contribution in [0, 0.1) is 23.2 Å². The molecule has 4 atom stereocenters. The fraction of sp³-hybridized carbons (Fsp3) is 0.593. The van der Waals surface area contributed by atoms with Gasteiger partial charge in [-0.3, -0.25) is 9.59 Å². The average molecular weight is 449 g/mol. The Balaban J connectivity index is 1.49. The number of carbonyl (C=O) groups excluding carboxylic acids is 2. The Morgan fingerprint density at radius 2 is 1.94 bits per heavy atom. The van der Waals surface area contributed by atoms with Crippen molar-refractivity contribution in [3.63, 3.8) is 0 Å². The minimum Gasteiger partial charge on any atom is -0.345 e. The predicted octanol–water partition coefficient (Wildman–Crippen LogP) is 3.30. The van der Waals surface area contributed by atoms with Gasteiger partial charge in [0.1, 0.15) is 6.04 Å². The number of hydrogen-bond acceptors (Lipinski definition) is 4. The van der Waals surface area contributed by atoms with Crippen LogP contribution in [-0.2, 0) is 16.0 Å². The average Bonchev–Trinajstić information content (AvgIpc) is 3.38. The van der Waals surface area contributed by atoms with Gasteiger partial charge in [0.15, 0.2) is 0 Å². The van der Waals surface area contributed by atoms with Crippen LogP contribution in [0.4, 0.5) is 0 Å². The van der Waals surface area contributed by atoms with E-state index in [9.17, 15) is 14.9 Å². The Labute approximate surface area is 197 Å². The van der Waals surface area contributed by atoms with Gasteiger partial charge in [0.2, 0.25) is 11.8 Å². The van der Waals surface area contributed by atoms with Crippen molar-refractivity contribution < 1.29 is 9.59 Å². The molecule has 1 N–H and O–H groups in total. The summed E-state index contributed by atoms with van der Waals surface area (Å²) in [4.78, 5) is 28.9. The van der Waals surface area contributed by atoms with E-state index in [0.717, 1.165) is 56.9 Å². The van der Waals surface area contributed by atoms with Gasteiger partial charge in [-0.1, -0.05) is 36.4 Å². The lowest BCUT2D eigenvalue weighted by molar-refractivity contribution is -0.130. The van der Waals surface area contributed by atoms with E-state index in [1.54, 1.807) is 9.80 Å². The van der Waals surface area contributed by atoms with Crippen molar-refractivity contribution in [2.75, 3.05) is 27.2 Å². The van der Waals surface area contributed by atoms with E-state index in [-0.39, 0.29) is 29.9 Å². The molecular weight excluding hydrogens is 412 g/mol. The molecule has 1 aliphatic heterocycles. The van der Waals surface area contributed by atoms with Gasteiger partial charge in [-0.15, -0.1) is 0 Å². The number of carbonyl (C=O) groups is 2. The summed E-state index contributed by atoms with van der Waals surface area (Å²) in [6.45, 7) is 0.966. The number of hydrogen-bond donors (Lipinski definition) is 1. The summed E-state index contributed by atoms with van der Waals surface area (Å²) < 4.78 is 0. The molecule has 1 aromatic rings. The summed E-state index contributed by atoms with van der Waals surface area (Å²) in [5.41, 5.74) is 2.09. The molecule has 1 saturated heterocycles. The number of likely N-dealkylation sites (tertiary alicyclic amines) is 1. The minimum atomic E-state index is -0.281. The van der Waals surface area contributed by atoms with E-state index >= 15 is 0 Å². The second kappa shape index (κ2) is 10.1. The van der Waals surface area contributed by atoms with E-state index < -0.39 is 0 Å². The molecule has 3 aliphatic rings. The highest BCUT2D eigenvalue weighted by atomic mass is 16.2. The lowest BCUT2D eigenvalue weighted by atomic mass is 9.86. The van der Waals surface area contributed by atoms with Crippen LogP contribution in [0.15, 0.2) is 42.0 Å². The van der Waals surface area contributed by atoms with E-state index in [0.29, 0.717) is 18.4 Å². The van der Waals surface area contributed by atoms with Gasteiger partial charge in [0.25, 0.3) is 0 Å². The standard InChI is InChI=1S/C27H36N4O2/c1-30(2)26(33)21-10-12-22-16-27(17-23(22)13-11-21,15-20-7-4-3-5-8-20)29-19-25(32)31-14-6-9-24(31)18-28/h3-5,7-8,10,22-24,29H,6,9,11-17,19H2,1-2H3/t22-,23+,24+,27?/m1/s1. The molecule has 1 saturated carbocycles. The number of nitrogens with one attached hydrogen (secondary N) is 1. The first-order valence-electron chi connectivity index (χ1n) is 12.3. The summed E-state index contributed by atoms with van der Waals surface area (Å²) in [6.07, 6.45) is 9.53. The number of nitrogens with zero attached hydrogens (tertiary/aromatic N) is 3. The molecule has 1 aromatic carbocycles. The van der Waals surface area contributed by atoms with Crippen LogP contribution >= 0.6 is 0 Å². The zero-order valence-electron chi connectivity index (χ0n) is 19.9. The molecule has 0 aromatic heterocycles. The molecule has 2 aliphatic carbocycles. The van der Waals surface area contributed by atoms with Crippen LogP contribution in [-0.4, -0.2) is 60.4 Å².